The first-order chi connectivity index (χ1) is 15.8. The van der Waals surface area contributed by atoms with E-state index in [-0.39, 0.29) is 10.8 Å². The summed E-state index contributed by atoms with van der Waals surface area (Å²) in [6, 6.07) is 0. The zero-order valence-corrected chi connectivity index (χ0v) is 20.2. The standard InChI is InChI=1S/C28H37F3O3/c1-18-20(16-21(32)17-23(18)33)8-7-19-6-4-11-25(2)22(19)9-10-24(25)27(14-15-27)13-5-12-26(3,34)28(29,30)31/h5,7-8,10,12,21-23,32-34H,1,4,6,9,11,13-17H2,2-3H3/b12-5-,19-7+,20-8-/t21?,22?,23-,25-,26?/m0/s1. The first kappa shape index (κ1) is 25.5. The highest BCUT2D eigenvalue weighted by Gasteiger charge is 2.56. The van der Waals surface area contributed by atoms with Gasteiger partial charge in [-0.1, -0.05) is 49.0 Å². The van der Waals surface area contributed by atoms with Gasteiger partial charge in [0.25, 0.3) is 0 Å². The van der Waals surface area contributed by atoms with Gasteiger partial charge in [-0.05, 0) is 92.3 Å². The molecule has 0 aliphatic heterocycles. The Kier molecular flexibility index (Phi) is 6.58. The molecule has 34 heavy (non-hydrogen) atoms. The predicted octanol–water partition coefficient (Wildman–Crippen LogP) is 6.09. The number of fused-ring (bicyclic) bond motifs is 1. The van der Waals surface area contributed by atoms with Crippen molar-refractivity contribution in [2.45, 2.75) is 95.6 Å². The number of alkyl halides is 3. The van der Waals surface area contributed by atoms with E-state index in [4.69, 9.17) is 0 Å². The van der Waals surface area contributed by atoms with Crippen LogP contribution in [0.2, 0.25) is 0 Å². The maximum Gasteiger partial charge on any atom is 0.420 e. The average molecular weight is 479 g/mol. The van der Waals surface area contributed by atoms with Gasteiger partial charge in [0.2, 0.25) is 0 Å². The third kappa shape index (κ3) is 4.61. The molecule has 5 atom stereocenters. The number of aliphatic hydroxyl groups is 3. The van der Waals surface area contributed by atoms with Gasteiger partial charge in [-0.15, -0.1) is 0 Å². The number of hydrogen-bond acceptors (Lipinski definition) is 3. The highest BCUT2D eigenvalue weighted by atomic mass is 19.4. The van der Waals surface area contributed by atoms with Crippen molar-refractivity contribution in [1.82, 2.24) is 0 Å². The third-order valence-corrected chi connectivity index (χ3v) is 8.77. The molecule has 6 heteroatoms. The SMILES string of the molecule is C=C1/C(=C\C=C2/CCC[C@]3(C)C(C4(C/C=C\C(C)(O)C(F)(F)F)CC4)=CCC23)CC(O)C[C@@H]1O. The van der Waals surface area contributed by atoms with Gasteiger partial charge in [0.15, 0.2) is 5.60 Å². The van der Waals surface area contributed by atoms with E-state index < -0.39 is 24.0 Å². The van der Waals surface area contributed by atoms with E-state index in [1.807, 2.05) is 6.08 Å². The van der Waals surface area contributed by atoms with Crippen LogP contribution in [-0.2, 0) is 0 Å². The van der Waals surface area contributed by atoms with Crippen molar-refractivity contribution >= 4 is 0 Å². The molecular formula is C28H37F3O3. The minimum absolute atomic E-state index is 0.0118. The van der Waals surface area contributed by atoms with Crippen LogP contribution >= 0.6 is 0 Å². The number of hydrogen-bond donors (Lipinski definition) is 3. The van der Waals surface area contributed by atoms with Gasteiger partial charge in [-0.2, -0.15) is 13.2 Å². The maximum absolute atomic E-state index is 13.0. The van der Waals surface area contributed by atoms with E-state index in [0.717, 1.165) is 57.1 Å². The highest BCUT2D eigenvalue weighted by Crippen LogP contribution is 2.67. The van der Waals surface area contributed by atoms with Crippen LogP contribution in [0.1, 0.15) is 71.6 Å². The minimum atomic E-state index is -4.68. The molecular weight excluding hydrogens is 441 g/mol. The molecule has 3 N–H and O–H groups in total. The molecule has 0 bridgehead atoms. The van der Waals surface area contributed by atoms with Gasteiger partial charge in [-0.25, -0.2) is 0 Å². The Balaban J connectivity index is 1.51. The largest absolute Gasteiger partial charge is 0.420 e. The summed E-state index contributed by atoms with van der Waals surface area (Å²) < 4.78 is 39.0. The van der Waals surface area contributed by atoms with Crippen LogP contribution in [0.3, 0.4) is 0 Å². The molecule has 0 spiro atoms. The van der Waals surface area contributed by atoms with Crippen molar-refractivity contribution in [2.75, 3.05) is 0 Å². The molecule has 0 aromatic heterocycles. The Morgan fingerprint density at radius 1 is 1.18 bits per heavy atom. The summed E-state index contributed by atoms with van der Waals surface area (Å²) in [5, 5.41) is 29.9. The van der Waals surface area contributed by atoms with Crippen LogP contribution in [0.4, 0.5) is 13.2 Å². The maximum atomic E-state index is 13.0. The van der Waals surface area contributed by atoms with Crippen LogP contribution in [0, 0.1) is 16.7 Å². The molecule has 188 valence electrons. The zero-order valence-electron chi connectivity index (χ0n) is 20.2. The molecule has 0 aromatic rings. The van der Waals surface area contributed by atoms with Crippen molar-refractivity contribution < 1.29 is 28.5 Å². The second kappa shape index (κ2) is 8.79. The summed E-state index contributed by atoms with van der Waals surface area (Å²) in [5.74, 6) is 0.361. The van der Waals surface area contributed by atoms with Crippen molar-refractivity contribution in [3.63, 3.8) is 0 Å². The lowest BCUT2D eigenvalue weighted by Crippen LogP contribution is -2.40. The van der Waals surface area contributed by atoms with E-state index in [0.29, 0.717) is 30.8 Å². The molecule has 0 aromatic carbocycles. The molecule has 0 amide bonds. The number of allylic oxidation sites excluding steroid dienone is 6. The van der Waals surface area contributed by atoms with Crippen LogP contribution in [0.25, 0.3) is 0 Å². The quantitative estimate of drug-likeness (QED) is 0.419. The fourth-order valence-electron chi connectivity index (χ4n) is 6.45. The summed E-state index contributed by atoms with van der Waals surface area (Å²) in [4.78, 5) is 0. The molecule has 4 aliphatic carbocycles. The van der Waals surface area contributed by atoms with Crippen LogP contribution in [-0.4, -0.2) is 39.3 Å². The Bertz CT molecular complexity index is 948. The van der Waals surface area contributed by atoms with Gasteiger partial charge in [0.05, 0.1) is 12.2 Å². The second-order valence-corrected chi connectivity index (χ2v) is 11.3. The smallest absolute Gasteiger partial charge is 0.393 e. The van der Waals surface area contributed by atoms with Gasteiger partial charge in [0.1, 0.15) is 0 Å². The molecule has 3 unspecified atom stereocenters. The van der Waals surface area contributed by atoms with Crippen molar-refractivity contribution in [2.24, 2.45) is 16.7 Å². The lowest BCUT2D eigenvalue weighted by molar-refractivity contribution is -0.232. The summed E-state index contributed by atoms with van der Waals surface area (Å²) in [6.45, 7) is 7.10. The van der Waals surface area contributed by atoms with Gasteiger partial charge >= 0.3 is 6.18 Å². The second-order valence-electron chi connectivity index (χ2n) is 11.3. The van der Waals surface area contributed by atoms with Crippen molar-refractivity contribution in [3.8, 4) is 0 Å². The van der Waals surface area contributed by atoms with E-state index in [1.54, 1.807) is 0 Å². The van der Waals surface area contributed by atoms with Gasteiger partial charge in [0, 0.05) is 6.42 Å². The van der Waals surface area contributed by atoms with E-state index in [2.05, 4.69) is 25.7 Å². The third-order valence-electron chi connectivity index (χ3n) is 8.77. The summed E-state index contributed by atoms with van der Waals surface area (Å²) in [7, 11) is 0. The first-order valence-electron chi connectivity index (χ1n) is 12.4. The molecule has 4 rings (SSSR count). The summed E-state index contributed by atoms with van der Waals surface area (Å²) in [5.41, 5.74) is 1.42. The Morgan fingerprint density at radius 3 is 2.53 bits per heavy atom. The molecule has 4 aliphatic rings. The first-order valence-corrected chi connectivity index (χ1v) is 12.4. The average Bonchev–Trinajstić information content (AvgIpc) is 3.41. The molecule has 3 saturated carbocycles. The lowest BCUT2D eigenvalue weighted by Gasteiger charge is -2.43. The fraction of sp³-hybridized carbons (Fsp3) is 0.643. The van der Waals surface area contributed by atoms with Crippen molar-refractivity contribution in [3.05, 3.63) is 59.3 Å². The highest BCUT2D eigenvalue weighted by molar-refractivity contribution is 5.42. The molecule has 3 fully saturated rings. The molecule has 3 nitrogen and oxygen atoms in total. The van der Waals surface area contributed by atoms with E-state index >= 15 is 0 Å². The normalized spacial score (nSPS) is 37.7. The van der Waals surface area contributed by atoms with E-state index in [9.17, 15) is 28.5 Å². The molecule has 0 heterocycles. The van der Waals surface area contributed by atoms with E-state index in [1.165, 1.54) is 17.2 Å². The Hall–Kier alpha value is -1.63. The Morgan fingerprint density at radius 2 is 1.88 bits per heavy atom. The van der Waals surface area contributed by atoms with Crippen molar-refractivity contribution in [1.29, 1.82) is 0 Å². The number of rotatable bonds is 5. The number of halogens is 3. The molecule has 0 saturated heterocycles. The van der Waals surface area contributed by atoms with Gasteiger partial charge in [-0.3, -0.25) is 0 Å². The van der Waals surface area contributed by atoms with Gasteiger partial charge < -0.3 is 15.3 Å². The zero-order chi connectivity index (χ0) is 24.9. The number of aliphatic hydroxyl groups excluding tert-OH is 2. The fourth-order valence-corrected chi connectivity index (χ4v) is 6.45. The van der Waals surface area contributed by atoms with Crippen LogP contribution in [0.5, 0.6) is 0 Å². The molecule has 0 radical (unpaired) electrons. The summed E-state index contributed by atoms with van der Waals surface area (Å²) in [6.07, 6.45) is 10.3. The van der Waals surface area contributed by atoms with Crippen LogP contribution in [0.15, 0.2) is 59.3 Å². The minimum Gasteiger partial charge on any atom is -0.393 e. The topological polar surface area (TPSA) is 60.7 Å². The lowest BCUT2D eigenvalue weighted by atomic mass is 9.61. The summed E-state index contributed by atoms with van der Waals surface area (Å²) >= 11 is 0. The monoisotopic (exact) mass is 478 g/mol. The van der Waals surface area contributed by atoms with Crippen LogP contribution < -0.4 is 0 Å². The predicted molar refractivity (Wildman–Crippen MR) is 127 cm³/mol. The Labute approximate surface area is 200 Å².